The number of nitrogens with zero attached hydrogens (tertiary/aromatic N) is 3. The number of carbonyl (C=O) groups is 1. The number of anilines is 1. The molecule has 2 aliphatic heterocycles. The van der Waals surface area contributed by atoms with Gasteiger partial charge in [0.15, 0.2) is 0 Å². The molecule has 180 valence electrons. The monoisotopic (exact) mass is 490 g/mol. The summed E-state index contributed by atoms with van der Waals surface area (Å²) in [5, 5.41) is 2.74. The normalized spacial score (nSPS) is 21.4. The van der Waals surface area contributed by atoms with Crippen LogP contribution in [0.25, 0.3) is 0 Å². The van der Waals surface area contributed by atoms with Crippen molar-refractivity contribution in [1.29, 1.82) is 0 Å². The Balaban J connectivity index is 1.79. The lowest BCUT2D eigenvalue weighted by molar-refractivity contribution is -0.120. The molecule has 0 unspecified atom stereocenters. The molecule has 0 radical (unpaired) electrons. The molecule has 2 heterocycles. The first-order chi connectivity index (χ1) is 15.1. The van der Waals surface area contributed by atoms with E-state index in [0.29, 0.717) is 38.3 Å². The molecule has 1 amide bonds. The number of piperidine rings is 1. The molecule has 0 spiro atoms. The number of methoxy groups -OCH3 is 1. The number of ether oxygens (including phenoxy) is 2. The van der Waals surface area contributed by atoms with Crippen molar-refractivity contribution in [2.75, 3.05) is 65.9 Å². The van der Waals surface area contributed by atoms with E-state index in [-0.39, 0.29) is 36.2 Å². The Morgan fingerprint density at radius 3 is 2.44 bits per heavy atom. The standard InChI is InChI=1S/C19H30N4O7S2/c1-21(2)32(27,28)23-8-4-5-15(14-23)19(24)20-16-6-7-17(29-3)18(13-16)31(25,26)22-9-11-30-12-10-22/h6-7,13,15H,4-5,8-12,14H2,1-3H3,(H,20,24)/t15-/m1/s1. The average Bonchev–Trinajstić information content (AvgIpc) is 2.79. The second kappa shape index (κ2) is 10.0. The van der Waals surface area contributed by atoms with Crippen LogP contribution in [0.3, 0.4) is 0 Å². The van der Waals surface area contributed by atoms with Crippen LogP contribution in [0.4, 0.5) is 5.69 Å². The molecule has 2 aliphatic rings. The summed E-state index contributed by atoms with van der Waals surface area (Å²) in [4.78, 5) is 12.8. The minimum atomic E-state index is -3.84. The highest BCUT2D eigenvalue weighted by Gasteiger charge is 2.34. The van der Waals surface area contributed by atoms with Crippen LogP contribution in [-0.2, 0) is 29.8 Å². The quantitative estimate of drug-likeness (QED) is 0.578. The topological polar surface area (TPSA) is 126 Å². The summed E-state index contributed by atoms with van der Waals surface area (Å²) in [5.41, 5.74) is 0.301. The molecule has 0 aromatic heterocycles. The fraction of sp³-hybridized carbons (Fsp3) is 0.632. The number of nitrogens with one attached hydrogen (secondary N) is 1. The van der Waals surface area contributed by atoms with E-state index in [4.69, 9.17) is 9.47 Å². The van der Waals surface area contributed by atoms with E-state index in [1.54, 1.807) is 6.07 Å². The number of carbonyl (C=O) groups excluding carboxylic acids is 1. The maximum absolute atomic E-state index is 13.1. The van der Waals surface area contributed by atoms with Gasteiger partial charge in [0.1, 0.15) is 10.6 Å². The van der Waals surface area contributed by atoms with Crippen molar-refractivity contribution in [3.05, 3.63) is 18.2 Å². The van der Waals surface area contributed by atoms with Crippen LogP contribution in [0.5, 0.6) is 5.75 Å². The molecule has 11 nitrogen and oxygen atoms in total. The fourth-order valence-electron chi connectivity index (χ4n) is 3.72. The molecule has 13 heteroatoms. The van der Waals surface area contributed by atoms with Crippen molar-refractivity contribution >= 4 is 31.8 Å². The van der Waals surface area contributed by atoms with Gasteiger partial charge in [0.05, 0.1) is 26.2 Å². The number of morpholine rings is 1. The molecule has 0 aliphatic carbocycles. The van der Waals surface area contributed by atoms with Crippen LogP contribution in [0, 0.1) is 5.92 Å². The van der Waals surface area contributed by atoms with E-state index in [1.165, 1.54) is 41.9 Å². The van der Waals surface area contributed by atoms with E-state index < -0.39 is 26.2 Å². The molecule has 1 aromatic carbocycles. The Hall–Kier alpha value is -1.77. The lowest BCUT2D eigenvalue weighted by Gasteiger charge is -2.32. The predicted molar refractivity (Wildman–Crippen MR) is 118 cm³/mol. The van der Waals surface area contributed by atoms with Crippen LogP contribution in [-0.4, -0.2) is 96.3 Å². The van der Waals surface area contributed by atoms with Crippen molar-refractivity contribution in [2.24, 2.45) is 5.92 Å². The SMILES string of the molecule is COc1ccc(NC(=O)[C@@H]2CCCN(S(=O)(=O)N(C)C)C2)cc1S(=O)(=O)N1CCOCC1. The molecule has 2 saturated heterocycles. The van der Waals surface area contributed by atoms with Gasteiger partial charge in [-0.2, -0.15) is 21.3 Å². The highest BCUT2D eigenvalue weighted by atomic mass is 32.2. The van der Waals surface area contributed by atoms with Gasteiger partial charge in [-0.25, -0.2) is 8.42 Å². The zero-order chi connectivity index (χ0) is 23.5. The number of rotatable bonds is 7. The van der Waals surface area contributed by atoms with Gasteiger partial charge < -0.3 is 14.8 Å². The van der Waals surface area contributed by atoms with E-state index in [9.17, 15) is 21.6 Å². The second-order valence-electron chi connectivity index (χ2n) is 7.86. The Morgan fingerprint density at radius 1 is 1.12 bits per heavy atom. The lowest BCUT2D eigenvalue weighted by Crippen LogP contribution is -2.47. The maximum atomic E-state index is 13.1. The van der Waals surface area contributed by atoms with Crippen molar-refractivity contribution in [3.8, 4) is 5.75 Å². The highest BCUT2D eigenvalue weighted by molar-refractivity contribution is 7.89. The van der Waals surface area contributed by atoms with Gasteiger partial charge in [-0.15, -0.1) is 0 Å². The first kappa shape index (κ1) is 24.9. The third-order valence-electron chi connectivity index (χ3n) is 5.56. The molecule has 1 aromatic rings. The number of hydrogen-bond acceptors (Lipinski definition) is 7. The summed E-state index contributed by atoms with van der Waals surface area (Å²) in [6, 6.07) is 4.43. The highest BCUT2D eigenvalue weighted by Crippen LogP contribution is 2.31. The summed E-state index contributed by atoms with van der Waals surface area (Å²) in [5.74, 6) is -0.723. The van der Waals surface area contributed by atoms with Crippen molar-refractivity contribution in [3.63, 3.8) is 0 Å². The number of sulfonamides is 1. The summed E-state index contributed by atoms with van der Waals surface area (Å²) >= 11 is 0. The van der Waals surface area contributed by atoms with Crippen LogP contribution < -0.4 is 10.1 Å². The van der Waals surface area contributed by atoms with Crippen molar-refractivity contribution in [2.45, 2.75) is 17.7 Å². The predicted octanol–water partition coefficient (Wildman–Crippen LogP) is 0.173. The fourth-order valence-corrected chi connectivity index (χ4v) is 6.50. The number of hydrogen-bond donors (Lipinski definition) is 1. The van der Waals surface area contributed by atoms with Crippen molar-refractivity contribution in [1.82, 2.24) is 12.9 Å². The van der Waals surface area contributed by atoms with Gasteiger partial charge >= 0.3 is 0 Å². The molecular formula is C19H30N4O7S2. The number of benzene rings is 1. The summed E-state index contributed by atoms with van der Waals surface area (Å²) in [6.07, 6.45) is 1.10. The van der Waals surface area contributed by atoms with E-state index in [0.717, 1.165) is 4.31 Å². The first-order valence-electron chi connectivity index (χ1n) is 10.3. The average molecular weight is 491 g/mol. The Morgan fingerprint density at radius 2 is 1.81 bits per heavy atom. The lowest BCUT2D eigenvalue weighted by atomic mass is 9.99. The zero-order valence-electron chi connectivity index (χ0n) is 18.5. The molecule has 32 heavy (non-hydrogen) atoms. The molecule has 3 rings (SSSR count). The van der Waals surface area contributed by atoms with Crippen LogP contribution in [0.15, 0.2) is 23.1 Å². The van der Waals surface area contributed by atoms with Gasteiger partial charge in [-0.3, -0.25) is 4.79 Å². The van der Waals surface area contributed by atoms with E-state index in [2.05, 4.69) is 5.32 Å². The van der Waals surface area contributed by atoms with E-state index in [1.807, 2.05) is 0 Å². The molecule has 1 N–H and O–H groups in total. The molecule has 2 fully saturated rings. The zero-order valence-corrected chi connectivity index (χ0v) is 20.1. The smallest absolute Gasteiger partial charge is 0.281 e. The second-order valence-corrected chi connectivity index (χ2v) is 11.9. The summed E-state index contributed by atoms with van der Waals surface area (Å²) in [7, 11) is -3.17. The summed E-state index contributed by atoms with van der Waals surface area (Å²) in [6.45, 7) is 1.52. The Bertz CT molecular complexity index is 1040. The molecule has 1 atom stereocenters. The Labute approximate surface area is 189 Å². The third kappa shape index (κ3) is 5.24. The minimum absolute atomic E-state index is 0.0415. The van der Waals surface area contributed by atoms with Gasteiger partial charge in [0.25, 0.3) is 10.2 Å². The molecular weight excluding hydrogens is 460 g/mol. The first-order valence-corrected chi connectivity index (χ1v) is 13.2. The van der Waals surface area contributed by atoms with Crippen LogP contribution >= 0.6 is 0 Å². The largest absolute Gasteiger partial charge is 0.495 e. The van der Waals surface area contributed by atoms with Gasteiger partial charge in [0, 0.05) is 46.0 Å². The molecule has 0 saturated carbocycles. The minimum Gasteiger partial charge on any atom is -0.495 e. The van der Waals surface area contributed by atoms with Gasteiger partial charge in [-0.1, -0.05) is 0 Å². The number of amides is 1. The van der Waals surface area contributed by atoms with Crippen LogP contribution in [0.2, 0.25) is 0 Å². The Kier molecular flexibility index (Phi) is 7.78. The third-order valence-corrected chi connectivity index (χ3v) is 9.39. The van der Waals surface area contributed by atoms with E-state index >= 15 is 0 Å². The molecule has 0 bridgehead atoms. The maximum Gasteiger partial charge on any atom is 0.281 e. The van der Waals surface area contributed by atoms with Crippen molar-refractivity contribution < 1.29 is 31.1 Å². The van der Waals surface area contributed by atoms with Gasteiger partial charge in [0.2, 0.25) is 15.9 Å². The van der Waals surface area contributed by atoms with Gasteiger partial charge in [-0.05, 0) is 31.0 Å². The summed E-state index contributed by atoms with van der Waals surface area (Å²) < 4.78 is 65.3. The van der Waals surface area contributed by atoms with Crippen LogP contribution in [0.1, 0.15) is 12.8 Å².